The van der Waals surface area contributed by atoms with E-state index in [-0.39, 0.29) is 24.5 Å². The summed E-state index contributed by atoms with van der Waals surface area (Å²) < 4.78 is 29.6. The highest BCUT2D eigenvalue weighted by atomic mass is 79.9. The Morgan fingerprint density at radius 3 is 2.58 bits per heavy atom. The molecule has 1 atom stereocenters. The standard InChI is InChI=1S/C26H22BrClN2O7S/c1-5-35-25(32)22-12(2)29-26-30(23(22)14-8-17(33-3)18(34-4)9-15(14)27)24(31)21(38-26)7-13-6-19-20(10-16(13)28)37-11-36-19/h6-10,23H,5,11H2,1-4H3/b21-7-/t23-/m1/s1. The molecule has 0 spiro atoms. The summed E-state index contributed by atoms with van der Waals surface area (Å²) in [6, 6.07) is 6.00. The van der Waals surface area contributed by atoms with Gasteiger partial charge in [-0.3, -0.25) is 9.36 Å². The van der Waals surface area contributed by atoms with Gasteiger partial charge in [0.15, 0.2) is 27.8 Å². The molecule has 0 amide bonds. The molecule has 0 saturated heterocycles. The molecule has 0 aliphatic carbocycles. The number of thiazole rings is 1. The molecule has 0 saturated carbocycles. The molecule has 0 radical (unpaired) electrons. The van der Waals surface area contributed by atoms with Gasteiger partial charge in [0.25, 0.3) is 5.56 Å². The average molecular weight is 622 g/mol. The number of halogens is 2. The summed E-state index contributed by atoms with van der Waals surface area (Å²) in [5.41, 5.74) is 1.55. The van der Waals surface area contributed by atoms with Gasteiger partial charge in [-0.1, -0.05) is 38.9 Å². The Kier molecular flexibility index (Phi) is 7.26. The zero-order valence-electron chi connectivity index (χ0n) is 20.8. The van der Waals surface area contributed by atoms with Crippen LogP contribution in [0.1, 0.15) is 31.0 Å². The first-order chi connectivity index (χ1) is 18.3. The summed E-state index contributed by atoms with van der Waals surface area (Å²) in [4.78, 5) is 32.1. The topological polar surface area (TPSA) is 97.6 Å². The van der Waals surface area contributed by atoms with Crippen molar-refractivity contribution in [3.05, 3.63) is 75.8 Å². The number of nitrogens with zero attached hydrogens (tertiary/aromatic N) is 2. The van der Waals surface area contributed by atoms with Crippen molar-refractivity contribution in [1.82, 2.24) is 4.57 Å². The summed E-state index contributed by atoms with van der Waals surface area (Å²) in [7, 11) is 3.05. The molecule has 0 N–H and O–H groups in total. The Morgan fingerprint density at radius 1 is 1.21 bits per heavy atom. The van der Waals surface area contributed by atoms with E-state index in [2.05, 4.69) is 20.9 Å². The second-order valence-corrected chi connectivity index (χ2v) is 10.5. The number of rotatable bonds is 6. The number of esters is 1. The quantitative estimate of drug-likeness (QED) is 0.385. The number of fused-ring (bicyclic) bond motifs is 2. The molecule has 0 fully saturated rings. The predicted octanol–water partition coefficient (Wildman–Crippen LogP) is 3.96. The molecule has 2 aliphatic rings. The third kappa shape index (κ3) is 4.48. The number of carbonyl (C=O) groups is 1. The first kappa shape index (κ1) is 26.3. The van der Waals surface area contributed by atoms with Gasteiger partial charge < -0.3 is 23.7 Å². The summed E-state index contributed by atoms with van der Waals surface area (Å²) >= 11 is 11.3. The van der Waals surface area contributed by atoms with E-state index >= 15 is 0 Å². The smallest absolute Gasteiger partial charge is 0.338 e. The average Bonchev–Trinajstić information content (AvgIpc) is 3.46. The van der Waals surface area contributed by atoms with Crippen molar-refractivity contribution in [2.45, 2.75) is 19.9 Å². The fraction of sp³-hybridized carbons (Fsp3) is 0.269. The van der Waals surface area contributed by atoms with Crippen molar-refractivity contribution < 1.29 is 28.5 Å². The van der Waals surface area contributed by atoms with E-state index in [1.807, 2.05) is 0 Å². The number of ether oxygens (including phenoxy) is 5. The van der Waals surface area contributed by atoms with Gasteiger partial charge in [-0.05, 0) is 49.2 Å². The minimum absolute atomic E-state index is 0.105. The zero-order chi connectivity index (χ0) is 27.1. The molecule has 12 heteroatoms. The number of carbonyl (C=O) groups excluding carboxylic acids is 1. The van der Waals surface area contributed by atoms with E-state index in [0.717, 1.165) is 0 Å². The molecular weight excluding hydrogens is 600 g/mol. The first-order valence-electron chi connectivity index (χ1n) is 11.5. The minimum atomic E-state index is -0.839. The van der Waals surface area contributed by atoms with Crippen LogP contribution in [0.15, 0.2) is 49.8 Å². The summed E-state index contributed by atoms with van der Waals surface area (Å²) in [6.45, 7) is 3.72. The van der Waals surface area contributed by atoms with Crippen LogP contribution in [0.2, 0.25) is 5.02 Å². The highest BCUT2D eigenvalue weighted by molar-refractivity contribution is 9.10. The molecule has 3 aromatic rings. The van der Waals surface area contributed by atoms with Crippen LogP contribution in [0, 0.1) is 0 Å². The summed E-state index contributed by atoms with van der Waals surface area (Å²) in [5.74, 6) is 1.46. The normalized spacial score (nSPS) is 16.3. The molecule has 198 valence electrons. The lowest BCUT2D eigenvalue weighted by molar-refractivity contribution is -0.139. The van der Waals surface area contributed by atoms with Crippen molar-refractivity contribution in [2.75, 3.05) is 27.6 Å². The molecule has 3 heterocycles. The molecular formula is C26H22BrClN2O7S. The first-order valence-corrected chi connectivity index (χ1v) is 13.5. The number of hydrogen-bond acceptors (Lipinski definition) is 9. The highest BCUT2D eigenvalue weighted by Crippen LogP contribution is 2.41. The molecule has 2 aromatic carbocycles. The van der Waals surface area contributed by atoms with Crippen molar-refractivity contribution in [1.29, 1.82) is 0 Å². The Bertz CT molecular complexity index is 1680. The van der Waals surface area contributed by atoms with Crippen LogP contribution in [-0.4, -0.2) is 38.2 Å². The monoisotopic (exact) mass is 620 g/mol. The van der Waals surface area contributed by atoms with E-state index < -0.39 is 12.0 Å². The van der Waals surface area contributed by atoms with Crippen molar-refractivity contribution in [2.24, 2.45) is 4.99 Å². The molecule has 38 heavy (non-hydrogen) atoms. The molecule has 0 bridgehead atoms. The van der Waals surface area contributed by atoms with Gasteiger partial charge >= 0.3 is 5.97 Å². The Hall–Kier alpha value is -3.28. The van der Waals surface area contributed by atoms with Crippen molar-refractivity contribution in [3.8, 4) is 23.0 Å². The van der Waals surface area contributed by atoms with Crippen molar-refractivity contribution in [3.63, 3.8) is 0 Å². The predicted molar refractivity (Wildman–Crippen MR) is 145 cm³/mol. The Labute approximate surface area is 234 Å². The Balaban J connectivity index is 1.75. The number of methoxy groups -OCH3 is 2. The lowest BCUT2D eigenvalue weighted by atomic mass is 9.95. The Morgan fingerprint density at radius 2 is 1.89 bits per heavy atom. The van der Waals surface area contributed by atoms with Gasteiger partial charge in [-0.25, -0.2) is 9.79 Å². The van der Waals surface area contributed by atoms with Gasteiger partial charge in [0.1, 0.15) is 0 Å². The van der Waals surface area contributed by atoms with Crippen LogP contribution in [0.4, 0.5) is 0 Å². The SMILES string of the molecule is CCOC(=O)C1=C(C)N=c2s/c(=C\c3cc4c(cc3Cl)OCO4)c(=O)n2[C@@H]1c1cc(OC)c(OC)cc1Br. The van der Waals surface area contributed by atoms with Crippen LogP contribution in [-0.2, 0) is 9.53 Å². The number of allylic oxidation sites excluding steroid dienone is 1. The maximum atomic E-state index is 13.9. The lowest BCUT2D eigenvalue weighted by Crippen LogP contribution is -2.40. The maximum Gasteiger partial charge on any atom is 0.338 e. The van der Waals surface area contributed by atoms with Gasteiger partial charge in [0.2, 0.25) is 6.79 Å². The van der Waals surface area contributed by atoms with Crippen LogP contribution in [0.25, 0.3) is 6.08 Å². The largest absolute Gasteiger partial charge is 0.493 e. The molecule has 0 unspecified atom stereocenters. The van der Waals surface area contributed by atoms with E-state index in [9.17, 15) is 9.59 Å². The van der Waals surface area contributed by atoms with E-state index in [0.29, 0.717) is 58.7 Å². The van der Waals surface area contributed by atoms with Gasteiger partial charge in [-0.15, -0.1) is 0 Å². The van der Waals surface area contributed by atoms with Crippen LogP contribution >= 0.6 is 38.9 Å². The lowest BCUT2D eigenvalue weighted by Gasteiger charge is -2.26. The van der Waals surface area contributed by atoms with Crippen molar-refractivity contribution >= 4 is 50.9 Å². The summed E-state index contributed by atoms with van der Waals surface area (Å²) in [5, 5.41) is 0.405. The fourth-order valence-electron chi connectivity index (χ4n) is 4.35. The third-order valence-electron chi connectivity index (χ3n) is 6.09. The number of hydrogen-bond donors (Lipinski definition) is 0. The number of aromatic nitrogens is 1. The highest BCUT2D eigenvalue weighted by Gasteiger charge is 2.35. The fourth-order valence-corrected chi connectivity index (χ4v) is 6.13. The van der Waals surface area contributed by atoms with E-state index in [1.165, 1.54) is 30.1 Å². The van der Waals surface area contributed by atoms with Gasteiger partial charge in [0, 0.05) is 10.5 Å². The molecule has 1 aromatic heterocycles. The van der Waals surface area contributed by atoms with Crippen LogP contribution in [0.5, 0.6) is 23.0 Å². The van der Waals surface area contributed by atoms with E-state index in [1.54, 1.807) is 44.2 Å². The molecule has 2 aliphatic heterocycles. The maximum absolute atomic E-state index is 13.9. The second kappa shape index (κ2) is 10.5. The van der Waals surface area contributed by atoms with Crippen LogP contribution < -0.4 is 33.8 Å². The summed E-state index contributed by atoms with van der Waals surface area (Å²) in [6.07, 6.45) is 1.68. The van der Waals surface area contributed by atoms with E-state index in [4.69, 9.17) is 35.3 Å². The van der Waals surface area contributed by atoms with Crippen LogP contribution in [0.3, 0.4) is 0 Å². The van der Waals surface area contributed by atoms with Gasteiger partial charge in [0.05, 0.1) is 47.7 Å². The minimum Gasteiger partial charge on any atom is -0.493 e. The van der Waals surface area contributed by atoms with Gasteiger partial charge in [-0.2, -0.15) is 0 Å². The molecule has 9 nitrogen and oxygen atoms in total. The molecule has 5 rings (SSSR count). The second-order valence-electron chi connectivity index (χ2n) is 8.26. The third-order valence-corrected chi connectivity index (χ3v) is 8.09. The zero-order valence-corrected chi connectivity index (χ0v) is 24.0. The number of benzene rings is 2.